The molecule has 0 aliphatic rings. The quantitative estimate of drug-likeness (QED) is 0.649. The van der Waals surface area contributed by atoms with E-state index in [4.69, 9.17) is 14.9 Å². The fourth-order valence-corrected chi connectivity index (χ4v) is 1.34. The minimum absolute atomic E-state index is 0.0273. The molecule has 0 bridgehead atoms. The molecule has 0 aliphatic heterocycles. The molecule has 0 spiro atoms. The van der Waals surface area contributed by atoms with Crippen molar-refractivity contribution in [2.45, 2.75) is 12.5 Å². The maximum Gasteiger partial charge on any atom is 0.326 e. The van der Waals surface area contributed by atoms with Gasteiger partial charge in [0, 0.05) is 6.20 Å². The maximum absolute atomic E-state index is 11.8. The Labute approximate surface area is 108 Å². The molecule has 1 atom stereocenters. The van der Waals surface area contributed by atoms with Crippen LogP contribution < -0.4 is 10.1 Å². The van der Waals surface area contributed by atoms with Crippen molar-refractivity contribution in [1.29, 1.82) is 0 Å². The van der Waals surface area contributed by atoms with Gasteiger partial charge in [-0.1, -0.05) is 0 Å². The first kappa shape index (κ1) is 14.4. The first-order valence-electron chi connectivity index (χ1n) is 5.20. The maximum atomic E-state index is 11.8. The highest BCUT2D eigenvalue weighted by atomic mass is 16.5. The Morgan fingerprint density at radius 3 is 2.63 bits per heavy atom. The summed E-state index contributed by atoms with van der Waals surface area (Å²) in [6.07, 6.45) is 0.686. The minimum Gasteiger partial charge on any atom is -0.481 e. The number of rotatable bonds is 6. The predicted octanol–water partition coefficient (Wildman–Crippen LogP) is -0.252. The zero-order chi connectivity index (χ0) is 14.4. The van der Waals surface area contributed by atoms with Crippen molar-refractivity contribution in [1.82, 2.24) is 10.3 Å². The van der Waals surface area contributed by atoms with Gasteiger partial charge >= 0.3 is 11.9 Å². The number of carbonyl (C=O) groups is 3. The van der Waals surface area contributed by atoms with E-state index in [9.17, 15) is 14.4 Å². The molecule has 0 aromatic carbocycles. The van der Waals surface area contributed by atoms with Crippen LogP contribution in [-0.4, -0.2) is 46.2 Å². The number of hydrogen-bond donors (Lipinski definition) is 3. The average Bonchev–Trinajstić information content (AvgIpc) is 2.37. The zero-order valence-electron chi connectivity index (χ0n) is 9.99. The number of amides is 1. The van der Waals surface area contributed by atoms with E-state index in [1.807, 2.05) is 0 Å². The first-order valence-corrected chi connectivity index (χ1v) is 5.20. The molecular weight excluding hydrogens is 256 g/mol. The molecule has 0 unspecified atom stereocenters. The largest absolute Gasteiger partial charge is 0.481 e. The standard InChI is InChI=1S/C11H12N2O6/c1-19-10-6(3-2-4-12-10)9(16)13-7(11(17)18)5-8(14)15/h2-4,7H,5H2,1H3,(H,13,16)(H,14,15)(H,17,18)/t7-/m0/s1. The number of nitrogens with zero attached hydrogens (tertiary/aromatic N) is 1. The van der Waals surface area contributed by atoms with Crippen LogP contribution in [0.2, 0.25) is 0 Å². The molecule has 3 N–H and O–H groups in total. The molecule has 8 nitrogen and oxygen atoms in total. The molecular formula is C11H12N2O6. The molecule has 0 radical (unpaired) electrons. The van der Waals surface area contributed by atoms with Crippen molar-refractivity contribution in [2.75, 3.05) is 7.11 Å². The highest BCUT2D eigenvalue weighted by Crippen LogP contribution is 2.13. The first-order chi connectivity index (χ1) is 8.95. The van der Waals surface area contributed by atoms with E-state index in [0.29, 0.717) is 0 Å². The highest BCUT2D eigenvalue weighted by Gasteiger charge is 2.25. The van der Waals surface area contributed by atoms with E-state index in [0.717, 1.165) is 0 Å². The second kappa shape index (κ2) is 6.34. The van der Waals surface area contributed by atoms with Crippen molar-refractivity contribution in [2.24, 2.45) is 0 Å². The van der Waals surface area contributed by atoms with Crippen LogP contribution in [0.25, 0.3) is 0 Å². The predicted molar refractivity (Wildman–Crippen MR) is 61.9 cm³/mol. The average molecular weight is 268 g/mol. The molecule has 0 fully saturated rings. The number of carboxylic acids is 2. The number of aliphatic carboxylic acids is 2. The van der Waals surface area contributed by atoms with Gasteiger partial charge in [-0.25, -0.2) is 9.78 Å². The van der Waals surface area contributed by atoms with Crippen molar-refractivity contribution >= 4 is 17.8 Å². The number of ether oxygens (including phenoxy) is 1. The number of methoxy groups -OCH3 is 1. The number of carboxylic acid groups (broad SMARTS) is 2. The van der Waals surface area contributed by atoms with Gasteiger partial charge in [-0.05, 0) is 12.1 Å². The highest BCUT2D eigenvalue weighted by molar-refractivity contribution is 5.99. The van der Waals surface area contributed by atoms with Crippen LogP contribution in [0, 0.1) is 0 Å². The lowest BCUT2D eigenvalue weighted by Gasteiger charge is -2.13. The van der Waals surface area contributed by atoms with E-state index in [1.54, 1.807) is 0 Å². The van der Waals surface area contributed by atoms with Crippen LogP contribution in [-0.2, 0) is 9.59 Å². The van der Waals surface area contributed by atoms with Crippen molar-refractivity contribution in [3.05, 3.63) is 23.9 Å². The Morgan fingerprint density at radius 1 is 1.42 bits per heavy atom. The Bertz CT molecular complexity index is 502. The molecule has 1 aromatic heterocycles. The molecule has 0 saturated heterocycles. The summed E-state index contributed by atoms with van der Waals surface area (Å²) in [5.74, 6) is -3.50. The monoisotopic (exact) mass is 268 g/mol. The van der Waals surface area contributed by atoms with Crippen LogP contribution >= 0.6 is 0 Å². The minimum atomic E-state index is -1.52. The summed E-state index contributed by atoms with van der Waals surface area (Å²) in [6, 6.07) is 1.35. The fourth-order valence-electron chi connectivity index (χ4n) is 1.34. The lowest BCUT2D eigenvalue weighted by Crippen LogP contribution is -2.42. The van der Waals surface area contributed by atoms with Gasteiger partial charge in [-0.15, -0.1) is 0 Å². The van der Waals surface area contributed by atoms with Gasteiger partial charge < -0.3 is 20.3 Å². The van der Waals surface area contributed by atoms with Crippen LogP contribution in [0.3, 0.4) is 0 Å². The summed E-state index contributed by atoms with van der Waals surface area (Å²) in [6.45, 7) is 0. The Morgan fingerprint density at radius 2 is 2.11 bits per heavy atom. The summed E-state index contributed by atoms with van der Waals surface area (Å²) in [7, 11) is 1.31. The molecule has 8 heteroatoms. The number of carbonyl (C=O) groups excluding carboxylic acids is 1. The van der Waals surface area contributed by atoms with Gasteiger partial charge in [0.15, 0.2) is 0 Å². The van der Waals surface area contributed by atoms with E-state index < -0.39 is 30.3 Å². The molecule has 102 valence electrons. The summed E-state index contributed by atoms with van der Waals surface area (Å²) in [5, 5.41) is 19.5. The molecule has 0 saturated carbocycles. The van der Waals surface area contributed by atoms with Crippen molar-refractivity contribution in [3.63, 3.8) is 0 Å². The van der Waals surface area contributed by atoms with E-state index in [-0.39, 0.29) is 11.4 Å². The molecule has 1 rings (SSSR count). The van der Waals surface area contributed by atoms with Gasteiger partial charge in [-0.3, -0.25) is 9.59 Å². The third-order valence-electron chi connectivity index (χ3n) is 2.19. The number of aromatic nitrogens is 1. The van der Waals surface area contributed by atoms with Gasteiger partial charge in [0.2, 0.25) is 5.88 Å². The summed E-state index contributed by atoms with van der Waals surface area (Å²) < 4.78 is 4.85. The van der Waals surface area contributed by atoms with E-state index in [2.05, 4.69) is 10.3 Å². The molecule has 0 aliphatic carbocycles. The SMILES string of the molecule is COc1ncccc1C(=O)N[C@@H](CC(=O)O)C(=O)O. The van der Waals surface area contributed by atoms with Gasteiger partial charge in [0.1, 0.15) is 11.6 Å². The van der Waals surface area contributed by atoms with E-state index >= 15 is 0 Å². The number of pyridine rings is 1. The van der Waals surface area contributed by atoms with Crippen molar-refractivity contribution in [3.8, 4) is 5.88 Å². The van der Waals surface area contributed by atoms with E-state index in [1.165, 1.54) is 25.4 Å². The summed E-state index contributed by atoms with van der Waals surface area (Å²) in [5.41, 5.74) is 0.0293. The number of nitrogens with one attached hydrogen (secondary N) is 1. The van der Waals surface area contributed by atoms with Gasteiger partial charge in [0.05, 0.1) is 13.5 Å². The van der Waals surface area contributed by atoms with Crippen LogP contribution in [0.1, 0.15) is 16.8 Å². The van der Waals surface area contributed by atoms with Gasteiger partial charge in [0.25, 0.3) is 5.91 Å². The Balaban J connectivity index is 2.87. The van der Waals surface area contributed by atoms with Crippen molar-refractivity contribution < 1.29 is 29.3 Å². The molecule has 1 amide bonds. The van der Waals surface area contributed by atoms with Crippen LogP contribution in [0.4, 0.5) is 0 Å². The summed E-state index contributed by atoms with van der Waals surface area (Å²) >= 11 is 0. The third kappa shape index (κ3) is 3.95. The molecule has 1 aromatic rings. The summed E-state index contributed by atoms with van der Waals surface area (Å²) in [4.78, 5) is 37.0. The second-order valence-corrected chi connectivity index (χ2v) is 3.52. The Hall–Kier alpha value is -2.64. The zero-order valence-corrected chi connectivity index (χ0v) is 9.99. The normalized spacial score (nSPS) is 11.4. The fraction of sp³-hybridized carbons (Fsp3) is 0.273. The topological polar surface area (TPSA) is 126 Å². The Kier molecular flexibility index (Phi) is 4.81. The lowest BCUT2D eigenvalue weighted by molar-refractivity contribution is -0.145. The smallest absolute Gasteiger partial charge is 0.326 e. The third-order valence-corrected chi connectivity index (χ3v) is 2.19. The number of hydrogen-bond acceptors (Lipinski definition) is 5. The second-order valence-electron chi connectivity index (χ2n) is 3.52. The molecule has 19 heavy (non-hydrogen) atoms. The molecule has 1 heterocycles. The van der Waals surface area contributed by atoms with Gasteiger partial charge in [-0.2, -0.15) is 0 Å². The lowest BCUT2D eigenvalue weighted by atomic mass is 10.2. The van der Waals surface area contributed by atoms with Crippen LogP contribution in [0.15, 0.2) is 18.3 Å². The van der Waals surface area contributed by atoms with Crippen LogP contribution in [0.5, 0.6) is 5.88 Å².